The van der Waals surface area contributed by atoms with Gasteiger partial charge in [0.2, 0.25) is 11.7 Å². The molecule has 0 aromatic carbocycles. The van der Waals surface area contributed by atoms with Crippen LogP contribution in [0.5, 0.6) is 0 Å². The largest absolute Gasteiger partial charge is 0.343 e. The number of nitrogens with zero attached hydrogens (tertiary/aromatic N) is 7. The number of pyridine rings is 2. The van der Waals surface area contributed by atoms with Gasteiger partial charge in [-0.1, -0.05) is 6.58 Å². The van der Waals surface area contributed by atoms with E-state index in [0.29, 0.717) is 65.2 Å². The highest BCUT2D eigenvalue weighted by Gasteiger charge is 2.36. The molecule has 10 heteroatoms. The number of fused-ring (bicyclic) bond motifs is 3. The van der Waals surface area contributed by atoms with E-state index in [2.05, 4.69) is 26.8 Å². The van der Waals surface area contributed by atoms with E-state index in [1.165, 1.54) is 0 Å². The van der Waals surface area contributed by atoms with Crippen molar-refractivity contribution in [2.75, 3.05) is 18.0 Å². The summed E-state index contributed by atoms with van der Waals surface area (Å²) in [7, 11) is 0. The second kappa shape index (κ2) is 7.94. The van der Waals surface area contributed by atoms with Crippen molar-refractivity contribution in [1.29, 1.82) is 5.26 Å². The lowest BCUT2D eigenvalue weighted by molar-refractivity contribution is -0.129. The summed E-state index contributed by atoms with van der Waals surface area (Å²) in [5, 5.41) is 11.8. The van der Waals surface area contributed by atoms with Crippen LogP contribution in [0, 0.1) is 11.3 Å². The average Bonchev–Trinajstić information content (AvgIpc) is 2.84. The first-order valence-electron chi connectivity index (χ1n) is 10.5. The second-order valence-electron chi connectivity index (χ2n) is 8.01. The molecule has 3 amide bonds. The third-order valence-corrected chi connectivity index (χ3v) is 6.05. The first-order valence-corrected chi connectivity index (χ1v) is 10.5. The third kappa shape index (κ3) is 3.53. The number of anilines is 1. The second-order valence-corrected chi connectivity index (χ2v) is 8.01. The number of likely N-dealkylation sites (tertiary alicyclic amines) is 1. The van der Waals surface area contributed by atoms with Gasteiger partial charge in [-0.25, -0.2) is 19.7 Å². The molecule has 0 bridgehead atoms. The molecule has 10 nitrogen and oxygen atoms in total. The summed E-state index contributed by atoms with van der Waals surface area (Å²) in [5.41, 5.74) is 4.29. The van der Waals surface area contributed by atoms with Crippen molar-refractivity contribution >= 4 is 34.4 Å². The minimum atomic E-state index is -0.268. The molecule has 0 radical (unpaired) electrons. The summed E-state index contributed by atoms with van der Waals surface area (Å²) < 4.78 is 0. The summed E-state index contributed by atoms with van der Waals surface area (Å²) in [5.74, 6) is 0.116. The molecule has 2 aliphatic heterocycles. The van der Waals surface area contributed by atoms with Crippen LogP contribution in [-0.2, 0) is 4.79 Å². The SMILES string of the molecule is C=C1NC(=O)N(C2CCN(C(C)=O)CC2)c2c1cnc1ccc(-c3cnc(C#N)nc3)nc21. The summed E-state index contributed by atoms with van der Waals surface area (Å²) in [6.45, 7) is 6.73. The van der Waals surface area contributed by atoms with E-state index < -0.39 is 0 Å². The van der Waals surface area contributed by atoms with Gasteiger partial charge in [-0.2, -0.15) is 5.26 Å². The Balaban J connectivity index is 1.62. The van der Waals surface area contributed by atoms with Crippen molar-refractivity contribution < 1.29 is 9.59 Å². The van der Waals surface area contributed by atoms with E-state index in [0.717, 1.165) is 0 Å². The molecule has 5 heterocycles. The van der Waals surface area contributed by atoms with E-state index in [1.807, 2.05) is 12.1 Å². The molecular weight excluding hydrogens is 420 g/mol. The zero-order valence-corrected chi connectivity index (χ0v) is 17.9. The molecule has 5 rings (SSSR count). The van der Waals surface area contributed by atoms with Crippen molar-refractivity contribution in [3.8, 4) is 17.3 Å². The number of carbonyl (C=O) groups excluding carboxylic acids is 2. The van der Waals surface area contributed by atoms with Gasteiger partial charge in [-0.15, -0.1) is 0 Å². The normalized spacial score (nSPS) is 16.4. The van der Waals surface area contributed by atoms with Gasteiger partial charge in [0.05, 0.1) is 16.9 Å². The van der Waals surface area contributed by atoms with Crippen LogP contribution < -0.4 is 10.2 Å². The summed E-state index contributed by atoms with van der Waals surface area (Å²) in [6.07, 6.45) is 6.11. The highest BCUT2D eigenvalue weighted by Crippen LogP contribution is 2.38. The molecule has 164 valence electrons. The van der Waals surface area contributed by atoms with Crippen LogP contribution in [-0.4, -0.2) is 55.9 Å². The standard InChI is InChI=1S/C23H20N8O2/c1-13-17-12-25-19-4-3-18(15-10-26-20(9-24)27-11-15)29-21(19)22(17)31(23(33)28-13)16-5-7-30(8-6-16)14(2)32/h3-4,10-12,16H,1,5-8H2,2H3,(H,28,33). The Kier molecular flexibility index (Phi) is 4.94. The fourth-order valence-electron chi connectivity index (χ4n) is 4.34. The molecule has 0 saturated carbocycles. The number of nitrogens with one attached hydrogen (secondary N) is 1. The predicted octanol–water partition coefficient (Wildman–Crippen LogP) is 2.47. The maximum absolute atomic E-state index is 13.1. The zero-order chi connectivity index (χ0) is 23.1. The number of carbonyl (C=O) groups is 2. The number of hydrogen-bond donors (Lipinski definition) is 1. The maximum atomic E-state index is 13.1. The fourth-order valence-corrected chi connectivity index (χ4v) is 4.34. The van der Waals surface area contributed by atoms with E-state index in [9.17, 15) is 9.59 Å². The minimum Gasteiger partial charge on any atom is -0.343 e. The summed E-state index contributed by atoms with van der Waals surface area (Å²) in [4.78, 5) is 45.8. The summed E-state index contributed by atoms with van der Waals surface area (Å²) >= 11 is 0. The van der Waals surface area contributed by atoms with Gasteiger partial charge in [0.1, 0.15) is 11.6 Å². The average molecular weight is 440 g/mol. The Morgan fingerprint density at radius 2 is 1.91 bits per heavy atom. The van der Waals surface area contributed by atoms with Crippen molar-refractivity contribution in [2.45, 2.75) is 25.8 Å². The molecule has 0 atom stereocenters. The lowest BCUT2D eigenvalue weighted by Crippen LogP contribution is -2.53. The van der Waals surface area contributed by atoms with Crippen LogP contribution in [0.1, 0.15) is 31.2 Å². The lowest BCUT2D eigenvalue weighted by Gasteiger charge is -2.41. The highest BCUT2D eigenvalue weighted by molar-refractivity contribution is 6.11. The predicted molar refractivity (Wildman–Crippen MR) is 121 cm³/mol. The van der Waals surface area contributed by atoms with Crippen LogP contribution in [0.25, 0.3) is 28.0 Å². The number of urea groups is 1. The first-order chi connectivity index (χ1) is 16.0. The molecule has 1 N–H and O–H groups in total. The van der Waals surface area contributed by atoms with Crippen LogP contribution in [0.15, 0.2) is 37.3 Å². The Morgan fingerprint density at radius 3 is 2.58 bits per heavy atom. The van der Waals surface area contributed by atoms with Crippen molar-refractivity contribution in [1.82, 2.24) is 30.2 Å². The number of hydrogen-bond acceptors (Lipinski definition) is 7. The van der Waals surface area contributed by atoms with Crippen LogP contribution in [0.4, 0.5) is 10.5 Å². The smallest absolute Gasteiger partial charge is 0.326 e. The monoisotopic (exact) mass is 440 g/mol. The van der Waals surface area contributed by atoms with Crippen molar-refractivity contribution in [3.05, 3.63) is 48.7 Å². The molecule has 2 aliphatic rings. The number of nitriles is 1. The quantitative estimate of drug-likeness (QED) is 0.648. The van der Waals surface area contributed by atoms with Crippen LogP contribution >= 0.6 is 0 Å². The van der Waals surface area contributed by atoms with Gasteiger partial charge in [-0.3, -0.25) is 14.7 Å². The fraction of sp³-hybridized carbons (Fsp3) is 0.261. The van der Waals surface area contributed by atoms with E-state index in [-0.39, 0.29) is 23.8 Å². The first kappa shape index (κ1) is 20.5. The van der Waals surface area contributed by atoms with Crippen LogP contribution in [0.3, 0.4) is 0 Å². The number of piperidine rings is 1. The topological polar surface area (TPSA) is 128 Å². The molecular formula is C23H20N8O2. The molecule has 3 aromatic rings. The summed E-state index contributed by atoms with van der Waals surface area (Å²) in [6, 6.07) is 5.18. The van der Waals surface area contributed by atoms with Crippen molar-refractivity contribution in [3.63, 3.8) is 0 Å². The lowest BCUT2D eigenvalue weighted by atomic mass is 9.99. The van der Waals surface area contributed by atoms with Gasteiger partial charge in [-0.05, 0) is 25.0 Å². The molecule has 1 fully saturated rings. The molecule has 3 aromatic heterocycles. The van der Waals surface area contributed by atoms with Gasteiger partial charge >= 0.3 is 6.03 Å². The molecule has 0 unspecified atom stereocenters. The van der Waals surface area contributed by atoms with E-state index in [4.69, 9.17) is 10.2 Å². The molecule has 0 spiro atoms. The Morgan fingerprint density at radius 1 is 1.18 bits per heavy atom. The van der Waals surface area contributed by atoms with Gasteiger partial charge in [0, 0.05) is 61.5 Å². The van der Waals surface area contributed by atoms with E-state index >= 15 is 0 Å². The van der Waals surface area contributed by atoms with Gasteiger partial charge < -0.3 is 10.2 Å². The molecule has 33 heavy (non-hydrogen) atoms. The zero-order valence-electron chi connectivity index (χ0n) is 17.9. The Bertz CT molecular complexity index is 1340. The minimum absolute atomic E-state index is 0.0379. The van der Waals surface area contributed by atoms with Gasteiger partial charge in [0.25, 0.3) is 0 Å². The van der Waals surface area contributed by atoms with Crippen LogP contribution in [0.2, 0.25) is 0 Å². The Hall–Kier alpha value is -4.39. The molecule has 1 saturated heterocycles. The number of rotatable bonds is 2. The number of aromatic nitrogens is 4. The molecule has 0 aliphatic carbocycles. The third-order valence-electron chi connectivity index (χ3n) is 6.05. The van der Waals surface area contributed by atoms with E-state index in [1.54, 1.807) is 41.4 Å². The van der Waals surface area contributed by atoms with Gasteiger partial charge in [0.15, 0.2) is 0 Å². The maximum Gasteiger partial charge on any atom is 0.326 e. The van der Waals surface area contributed by atoms with Crippen molar-refractivity contribution in [2.24, 2.45) is 0 Å². The highest BCUT2D eigenvalue weighted by atomic mass is 16.2. The Labute approximate surface area is 189 Å². The number of amides is 3.